The number of nitrogens with zero attached hydrogens (tertiary/aromatic N) is 5. The molecule has 0 aromatic carbocycles. The predicted octanol–water partition coefficient (Wildman–Crippen LogP) is -1.05. The minimum atomic E-state index is -1.16. The Morgan fingerprint density at radius 1 is 1.34 bits per heavy atom. The number of carbonyl (C=O) groups excluding carboxylic acids is 2. The van der Waals surface area contributed by atoms with Gasteiger partial charge in [0.1, 0.15) is 30.8 Å². The molecule has 2 amide bonds. The first-order chi connectivity index (χ1) is 16.7. The number of anilines is 1. The van der Waals surface area contributed by atoms with Crippen LogP contribution in [0.3, 0.4) is 0 Å². The van der Waals surface area contributed by atoms with Gasteiger partial charge in [-0.25, -0.2) is 4.79 Å². The summed E-state index contributed by atoms with van der Waals surface area (Å²) in [5, 5.41) is 26.4. The third kappa shape index (κ3) is 4.15. The number of carboxylic acids is 1. The van der Waals surface area contributed by atoms with E-state index in [2.05, 4.69) is 19.8 Å². The number of thioether (sulfide) groups is 1. The van der Waals surface area contributed by atoms with Crippen molar-refractivity contribution in [2.24, 2.45) is 5.16 Å². The molecule has 0 aliphatic carbocycles. The SMILES string of the molecule is CO/N=C(\C(=O)N[C@@H]1C(=O)N2C(C(=O)O)=C(C[N+]34CCC(O)(CC3)CC4)CS[C@H]12)c1nsc(N)n1. The van der Waals surface area contributed by atoms with Crippen molar-refractivity contribution in [3.05, 3.63) is 17.1 Å². The minimum Gasteiger partial charge on any atom is -0.477 e. The molecule has 5 aliphatic rings. The monoisotopic (exact) mass is 524 g/mol. The van der Waals surface area contributed by atoms with Gasteiger partial charge in [-0.2, -0.15) is 9.36 Å². The van der Waals surface area contributed by atoms with E-state index in [1.54, 1.807) is 0 Å². The molecule has 15 heteroatoms. The highest BCUT2D eigenvalue weighted by Crippen LogP contribution is 2.43. The van der Waals surface area contributed by atoms with Crippen LogP contribution in [-0.2, 0) is 19.2 Å². The third-order valence-corrected chi connectivity index (χ3v) is 9.15. The molecule has 0 saturated carbocycles. The summed E-state index contributed by atoms with van der Waals surface area (Å²) < 4.78 is 4.70. The number of β-lactam (4-membered cyclic amide) rings is 1. The van der Waals surface area contributed by atoms with E-state index >= 15 is 0 Å². The fourth-order valence-electron chi connectivity index (χ4n) is 5.31. The molecule has 2 bridgehead atoms. The van der Waals surface area contributed by atoms with Gasteiger partial charge in [0, 0.05) is 42.1 Å². The third-order valence-electron chi connectivity index (χ3n) is 7.27. The zero-order valence-corrected chi connectivity index (χ0v) is 20.6. The van der Waals surface area contributed by atoms with E-state index in [0.717, 1.165) is 35.6 Å². The number of piperidine rings is 3. The lowest BCUT2D eigenvalue weighted by Crippen LogP contribution is -2.71. The van der Waals surface area contributed by atoms with Crippen LogP contribution in [0.4, 0.5) is 5.13 Å². The van der Waals surface area contributed by atoms with Crippen molar-refractivity contribution >= 4 is 51.9 Å². The molecule has 1 aromatic heterocycles. The highest BCUT2D eigenvalue weighted by atomic mass is 32.2. The topological polar surface area (TPSA) is 180 Å². The van der Waals surface area contributed by atoms with Crippen molar-refractivity contribution in [1.82, 2.24) is 19.6 Å². The Morgan fingerprint density at radius 3 is 2.60 bits per heavy atom. The van der Waals surface area contributed by atoms with Gasteiger partial charge in [0.2, 0.25) is 11.5 Å². The molecular formula is C20H26N7O6S2+. The first kappa shape index (κ1) is 24.0. The Labute approximate surface area is 208 Å². The second-order valence-electron chi connectivity index (χ2n) is 9.34. The fraction of sp³-hybridized carbons (Fsp3) is 0.600. The summed E-state index contributed by atoms with van der Waals surface area (Å²) in [7, 11) is 1.26. The molecule has 4 saturated heterocycles. The van der Waals surface area contributed by atoms with E-state index < -0.39 is 34.8 Å². The van der Waals surface area contributed by atoms with Gasteiger partial charge in [0.15, 0.2) is 5.13 Å². The molecule has 1 aromatic rings. The van der Waals surface area contributed by atoms with Gasteiger partial charge in [-0.15, -0.1) is 11.8 Å². The highest BCUT2D eigenvalue weighted by Gasteiger charge is 2.56. The van der Waals surface area contributed by atoms with E-state index in [9.17, 15) is 24.6 Å². The average Bonchev–Trinajstić information content (AvgIpc) is 3.27. The van der Waals surface area contributed by atoms with Crippen LogP contribution in [0.25, 0.3) is 0 Å². The van der Waals surface area contributed by atoms with Crippen molar-refractivity contribution in [1.29, 1.82) is 0 Å². The quantitative estimate of drug-likeness (QED) is 0.149. The molecule has 35 heavy (non-hydrogen) atoms. The largest absolute Gasteiger partial charge is 0.477 e. The van der Waals surface area contributed by atoms with Crippen molar-refractivity contribution in [2.75, 3.05) is 44.8 Å². The average molecular weight is 525 g/mol. The van der Waals surface area contributed by atoms with Crippen molar-refractivity contribution in [3.8, 4) is 0 Å². The molecule has 13 nitrogen and oxygen atoms in total. The molecule has 4 fully saturated rings. The van der Waals surface area contributed by atoms with Gasteiger partial charge in [-0.05, 0) is 0 Å². The Morgan fingerprint density at radius 2 is 2.03 bits per heavy atom. The van der Waals surface area contributed by atoms with Gasteiger partial charge in [-0.3, -0.25) is 14.5 Å². The summed E-state index contributed by atoms with van der Waals surface area (Å²) in [6.07, 6.45) is 2.13. The second kappa shape index (κ2) is 8.72. The molecule has 5 N–H and O–H groups in total. The smallest absolute Gasteiger partial charge is 0.352 e. The van der Waals surface area contributed by atoms with Crippen LogP contribution in [0.15, 0.2) is 16.4 Å². The summed E-state index contributed by atoms with van der Waals surface area (Å²) in [6, 6.07) is -0.923. The van der Waals surface area contributed by atoms with Crippen LogP contribution in [0, 0.1) is 0 Å². The lowest BCUT2D eigenvalue weighted by molar-refractivity contribution is -0.940. The Balaban J connectivity index is 1.33. The van der Waals surface area contributed by atoms with E-state index in [1.807, 2.05) is 0 Å². The standard InChI is InChI=1S/C20H25N7O6S2/c1-33-24-11(14-23-19(21)35-25-14)15(28)22-12-16(29)26-13(18(30)31)10(9-34-17(12)26)8-27-5-2-20(32,3-6-27)4-7-27/h12,17,32H,2-9H2,1H3,(H3-,21,22,23,25,28,30,31)/p+1/b24-11-/t12-,17-,20?,27?/m1/s1. The van der Waals surface area contributed by atoms with Gasteiger partial charge >= 0.3 is 5.97 Å². The number of amides is 2. The lowest BCUT2D eigenvalue weighted by atomic mass is 9.81. The molecule has 0 spiro atoms. The zero-order valence-electron chi connectivity index (χ0n) is 19.0. The Hall–Kier alpha value is -2.75. The predicted molar refractivity (Wildman–Crippen MR) is 126 cm³/mol. The number of nitrogens with two attached hydrogens (primary N) is 1. The first-order valence-electron chi connectivity index (χ1n) is 11.1. The van der Waals surface area contributed by atoms with E-state index in [4.69, 9.17) is 10.6 Å². The summed E-state index contributed by atoms with van der Waals surface area (Å²) in [6.45, 7) is 2.93. The normalized spacial score (nSPS) is 32.2. The highest BCUT2D eigenvalue weighted by molar-refractivity contribution is 8.00. The van der Waals surface area contributed by atoms with Gasteiger partial charge < -0.3 is 30.6 Å². The molecule has 5 aliphatic heterocycles. The van der Waals surface area contributed by atoms with E-state index in [1.165, 1.54) is 23.8 Å². The van der Waals surface area contributed by atoms with Gasteiger partial charge in [-0.1, -0.05) is 5.16 Å². The maximum absolute atomic E-state index is 13.0. The molecule has 188 valence electrons. The number of hydrogen-bond donors (Lipinski definition) is 4. The molecule has 2 atom stereocenters. The zero-order chi connectivity index (χ0) is 25.0. The number of fused-ring (bicyclic) bond motifs is 4. The summed E-state index contributed by atoms with van der Waals surface area (Å²) in [5.41, 5.74) is 5.50. The van der Waals surface area contributed by atoms with Crippen LogP contribution in [-0.4, -0.2) is 109 Å². The molecule has 6 rings (SSSR count). The number of hydrogen-bond acceptors (Lipinski definition) is 11. The maximum atomic E-state index is 13.0. The fourth-order valence-corrected chi connectivity index (χ4v) is 7.08. The molecule has 6 heterocycles. The van der Waals surface area contributed by atoms with Crippen LogP contribution in [0.1, 0.15) is 25.1 Å². The summed E-state index contributed by atoms with van der Waals surface area (Å²) in [4.78, 5) is 48.1. The molecule has 0 unspecified atom stereocenters. The number of aliphatic carboxylic acids is 1. The van der Waals surface area contributed by atoms with Crippen LogP contribution in [0.2, 0.25) is 0 Å². The Bertz CT molecular complexity index is 1130. The first-order valence-corrected chi connectivity index (χ1v) is 13.0. The van der Waals surface area contributed by atoms with Crippen molar-refractivity contribution in [2.45, 2.75) is 36.3 Å². The number of nitrogen functional groups attached to an aromatic ring is 1. The van der Waals surface area contributed by atoms with E-state index in [-0.39, 0.29) is 22.4 Å². The number of quaternary nitrogens is 1. The Kier molecular flexibility index (Phi) is 5.97. The number of nitrogens with one attached hydrogen (secondary N) is 1. The van der Waals surface area contributed by atoms with Crippen molar-refractivity contribution in [3.63, 3.8) is 0 Å². The molecule has 0 radical (unpaired) electrons. The number of rotatable bonds is 7. The van der Waals surface area contributed by atoms with Crippen LogP contribution < -0.4 is 11.1 Å². The number of carbonyl (C=O) groups is 3. The summed E-state index contributed by atoms with van der Waals surface area (Å²) >= 11 is 2.31. The molecular weight excluding hydrogens is 498 g/mol. The lowest BCUT2D eigenvalue weighted by Gasteiger charge is -2.54. The van der Waals surface area contributed by atoms with Crippen molar-refractivity contribution < 1.29 is 33.9 Å². The van der Waals surface area contributed by atoms with Gasteiger partial charge in [0.25, 0.3) is 11.8 Å². The minimum absolute atomic E-state index is 0.00267. The number of aromatic nitrogens is 2. The number of aliphatic hydroxyl groups is 1. The summed E-state index contributed by atoms with van der Waals surface area (Å²) in [5.74, 6) is -1.96. The van der Waals surface area contributed by atoms with E-state index in [0.29, 0.717) is 37.1 Å². The van der Waals surface area contributed by atoms with Crippen LogP contribution in [0.5, 0.6) is 0 Å². The number of carboxylic acid groups (broad SMARTS) is 1. The van der Waals surface area contributed by atoms with Crippen LogP contribution >= 0.6 is 23.3 Å². The number of oxime groups is 1. The maximum Gasteiger partial charge on any atom is 0.352 e. The second-order valence-corrected chi connectivity index (χ2v) is 11.2. The van der Waals surface area contributed by atoms with Gasteiger partial charge in [0.05, 0.1) is 25.2 Å².